The number of amides is 3. The molecule has 0 saturated carbocycles. The Labute approximate surface area is 219 Å². The quantitative estimate of drug-likeness (QED) is 0.446. The molecule has 2 fully saturated rings. The Morgan fingerprint density at radius 3 is 2.92 bits per heavy atom. The molecule has 2 aliphatic rings. The Bertz CT molecular complexity index is 1110. The van der Waals surface area contributed by atoms with E-state index in [4.69, 9.17) is 21.7 Å². The molecular weight excluding hydrogens is 503 g/mol. The molecule has 1 aromatic heterocycles. The fourth-order valence-corrected chi connectivity index (χ4v) is 4.11. The van der Waals surface area contributed by atoms with Crippen molar-refractivity contribution in [3.63, 3.8) is 0 Å². The SMILES string of the molecule is COC(=S)NC[C@H]1CN(c2ccc(N3CCNN(C(=O)NCCc4cnccn4)CC3)c(F)c2)C(=O)O1. The number of methoxy groups -OCH3 is 1. The van der Waals surface area contributed by atoms with E-state index in [-0.39, 0.29) is 17.8 Å². The number of urea groups is 1. The van der Waals surface area contributed by atoms with Gasteiger partial charge in [0.05, 0.1) is 43.8 Å². The third-order valence-corrected chi connectivity index (χ3v) is 6.23. The number of rotatable bonds is 7. The van der Waals surface area contributed by atoms with Crippen LogP contribution in [0.4, 0.5) is 25.4 Å². The summed E-state index contributed by atoms with van der Waals surface area (Å²) in [6.45, 7) is 2.71. The lowest BCUT2D eigenvalue weighted by Gasteiger charge is -2.24. The molecule has 0 aliphatic carbocycles. The summed E-state index contributed by atoms with van der Waals surface area (Å²) in [6.07, 6.45) is 4.44. The molecule has 14 heteroatoms. The predicted octanol–water partition coefficient (Wildman–Crippen LogP) is 1.04. The van der Waals surface area contributed by atoms with Gasteiger partial charge in [-0.2, -0.15) is 0 Å². The maximum absolute atomic E-state index is 15.1. The number of anilines is 2. The van der Waals surface area contributed by atoms with E-state index in [1.807, 2.05) is 4.90 Å². The van der Waals surface area contributed by atoms with Crippen LogP contribution in [0.15, 0.2) is 36.8 Å². The summed E-state index contributed by atoms with van der Waals surface area (Å²) in [6, 6.07) is 4.39. The summed E-state index contributed by atoms with van der Waals surface area (Å²) in [4.78, 5) is 36.3. The van der Waals surface area contributed by atoms with Crippen LogP contribution in [0.3, 0.4) is 0 Å². The number of carbonyl (C=O) groups excluding carboxylic acids is 2. The maximum Gasteiger partial charge on any atom is 0.414 e. The van der Waals surface area contributed by atoms with Gasteiger partial charge < -0.3 is 25.0 Å². The molecule has 0 bridgehead atoms. The van der Waals surface area contributed by atoms with Crippen LogP contribution in [0.25, 0.3) is 0 Å². The summed E-state index contributed by atoms with van der Waals surface area (Å²) in [5, 5.41) is 7.40. The number of ether oxygens (including phenoxy) is 2. The molecule has 198 valence electrons. The number of hydrogen-bond donors (Lipinski definition) is 3. The number of cyclic esters (lactones) is 1. The van der Waals surface area contributed by atoms with E-state index in [0.717, 1.165) is 5.69 Å². The average Bonchev–Trinajstić information content (AvgIpc) is 3.11. The van der Waals surface area contributed by atoms with Crippen LogP contribution in [0, 0.1) is 5.82 Å². The molecule has 4 rings (SSSR count). The highest BCUT2D eigenvalue weighted by atomic mass is 32.1. The third kappa shape index (κ3) is 6.92. The van der Waals surface area contributed by atoms with Crippen LogP contribution < -0.4 is 25.9 Å². The van der Waals surface area contributed by atoms with Gasteiger partial charge in [0, 0.05) is 51.2 Å². The highest BCUT2D eigenvalue weighted by Gasteiger charge is 2.33. The number of aromatic nitrogens is 2. The van der Waals surface area contributed by atoms with Crippen molar-refractivity contribution in [1.82, 2.24) is 31.0 Å². The number of nitrogens with one attached hydrogen (secondary N) is 3. The van der Waals surface area contributed by atoms with Crippen LogP contribution in [0.2, 0.25) is 0 Å². The topological polar surface area (TPSA) is 124 Å². The van der Waals surface area contributed by atoms with Crippen LogP contribution in [0.1, 0.15) is 5.69 Å². The zero-order valence-electron chi connectivity index (χ0n) is 20.4. The minimum absolute atomic E-state index is 0.204. The highest BCUT2D eigenvalue weighted by Crippen LogP contribution is 2.28. The van der Waals surface area contributed by atoms with Crippen molar-refractivity contribution in [3.05, 3.63) is 48.3 Å². The van der Waals surface area contributed by atoms with Gasteiger partial charge >= 0.3 is 12.1 Å². The first-order chi connectivity index (χ1) is 17.9. The van der Waals surface area contributed by atoms with Gasteiger partial charge in [-0.25, -0.2) is 19.4 Å². The maximum atomic E-state index is 15.1. The van der Waals surface area contributed by atoms with E-state index in [9.17, 15) is 9.59 Å². The molecule has 1 atom stereocenters. The van der Waals surface area contributed by atoms with Crippen LogP contribution in [-0.2, 0) is 15.9 Å². The van der Waals surface area contributed by atoms with Gasteiger partial charge in [0.1, 0.15) is 11.9 Å². The Kier molecular flexibility index (Phi) is 8.85. The van der Waals surface area contributed by atoms with E-state index in [1.165, 1.54) is 23.1 Å². The molecule has 3 heterocycles. The minimum atomic E-state index is -0.553. The normalized spacial score (nSPS) is 17.7. The van der Waals surface area contributed by atoms with Gasteiger partial charge in [0.15, 0.2) is 0 Å². The molecule has 0 radical (unpaired) electrons. The van der Waals surface area contributed by atoms with Crippen molar-refractivity contribution in [1.29, 1.82) is 0 Å². The summed E-state index contributed by atoms with van der Waals surface area (Å²) >= 11 is 4.93. The highest BCUT2D eigenvalue weighted by molar-refractivity contribution is 7.80. The lowest BCUT2D eigenvalue weighted by atomic mass is 10.2. The molecule has 2 aromatic rings. The Morgan fingerprint density at radius 2 is 2.16 bits per heavy atom. The summed E-state index contributed by atoms with van der Waals surface area (Å²) in [5.41, 5.74) is 4.67. The van der Waals surface area contributed by atoms with E-state index < -0.39 is 18.0 Å². The first-order valence-corrected chi connectivity index (χ1v) is 12.2. The molecule has 3 N–H and O–H groups in total. The Balaban J connectivity index is 1.29. The number of thiocarbonyl (C=S) groups is 1. The molecule has 12 nitrogen and oxygen atoms in total. The standard InChI is InChI=1S/C23H29FN8O4S/c1-35-22(37)28-14-18-15-31(23(34)36-18)17-2-3-20(19(24)12-17)30-9-8-29-32(11-10-30)21(33)27-5-4-16-13-25-6-7-26-16/h2-3,6-7,12-13,18,29H,4-5,8-11,14-15H2,1H3,(H,27,33)(H,28,37)/t18-/m0/s1. The zero-order chi connectivity index (χ0) is 26.2. The van der Waals surface area contributed by atoms with Crippen molar-refractivity contribution in [2.24, 2.45) is 0 Å². The third-order valence-electron chi connectivity index (χ3n) is 5.91. The second-order valence-corrected chi connectivity index (χ2v) is 8.72. The van der Waals surface area contributed by atoms with Crippen molar-refractivity contribution in [2.75, 3.05) is 62.7 Å². The number of hydrogen-bond acceptors (Lipinski definition) is 9. The van der Waals surface area contributed by atoms with Crippen LogP contribution in [0.5, 0.6) is 0 Å². The largest absolute Gasteiger partial charge is 0.474 e. The molecule has 37 heavy (non-hydrogen) atoms. The lowest BCUT2D eigenvalue weighted by molar-refractivity contribution is 0.142. The van der Waals surface area contributed by atoms with Gasteiger partial charge in [0.25, 0.3) is 5.17 Å². The molecule has 2 saturated heterocycles. The van der Waals surface area contributed by atoms with Gasteiger partial charge in [0.2, 0.25) is 0 Å². The zero-order valence-corrected chi connectivity index (χ0v) is 21.2. The molecule has 1 aromatic carbocycles. The van der Waals surface area contributed by atoms with Crippen molar-refractivity contribution in [2.45, 2.75) is 12.5 Å². The molecule has 0 unspecified atom stereocenters. The molecule has 3 amide bonds. The summed E-state index contributed by atoms with van der Waals surface area (Å²) in [5.74, 6) is -0.464. The first-order valence-electron chi connectivity index (χ1n) is 11.8. The average molecular weight is 533 g/mol. The van der Waals surface area contributed by atoms with Crippen LogP contribution >= 0.6 is 12.2 Å². The Morgan fingerprint density at radius 1 is 1.30 bits per heavy atom. The number of benzene rings is 1. The second-order valence-electron chi connectivity index (χ2n) is 8.35. The molecular formula is C23H29FN8O4S. The molecule has 0 spiro atoms. The van der Waals surface area contributed by atoms with Crippen molar-refractivity contribution >= 4 is 40.9 Å². The summed E-state index contributed by atoms with van der Waals surface area (Å²) in [7, 11) is 1.45. The minimum Gasteiger partial charge on any atom is -0.474 e. The predicted molar refractivity (Wildman–Crippen MR) is 138 cm³/mol. The number of nitrogens with zero attached hydrogens (tertiary/aromatic N) is 5. The second kappa shape index (κ2) is 12.5. The van der Waals surface area contributed by atoms with Gasteiger partial charge in [-0.3, -0.25) is 19.9 Å². The number of halogens is 1. The van der Waals surface area contributed by atoms with Crippen molar-refractivity contribution in [3.8, 4) is 0 Å². The fraction of sp³-hybridized carbons (Fsp3) is 0.435. The van der Waals surface area contributed by atoms with Crippen molar-refractivity contribution < 1.29 is 23.5 Å². The Hall–Kier alpha value is -3.78. The molecule has 2 aliphatic heterocycles. The van der Waals surface area contributed by atoms with Gasteiger partial charge in [-0.05, 0) is 30.4 Å². The smallest absolute Gasteiger partial charge is 0.414 e. The number of hydrazine groups is 1. The first kappa shape index (κ1) is 26.3. The van der Waals surface area contributed by atoms with E-state index in [2.05, 4.69) is 26.0 Å². The monoisotopic (exact) mass is 532 g/mol. The summed E-state index contributed by atoms with van der Waals surface area (Å²) < 4.78 is 25.3. The van der Waals surface area contributed by atoms with Gasteiger partial charge in [-0.15, -0.1) is 0 Å². The van der Waals surface area contributed by atoms with Crippen LogP contribution in [-0.4, -0.2) is 91.3 Å². The van der Waals surface area contributed by atoms with E-state index in [1.54, 1.807) is 30.7 Å². The lowest BCUT2D eigenvalue weighted by Crippen LogP contribution is -2.49. The van der Waals surface area contributed by atoms with Gasteiger partial charge in [-0.1, -0.05) is 0 Å². The van der Waals surface area contributed by atoms with E-state index in [0.29, 0.717) is 57.1 Å². The van der Waals surface area contributed by atoms with E-state index >= 15 is 4.39 Å². The fourth-order valence-electron chi connectivity index (χ4n) is 4.03. The number of carbonyl (C=O) groups is 2.